The van der Waals surface area contributed by atoms with Gasteiger partial charge in [0.25, 0.3) is 5.91 Å². The second-order valence-corrected chi connectivity index (χ2v) is 5.71. The van der Waals surface area contributed by atoms with E-state index in [-0.39, 0.29) is 25.0 Å². The topological polar surface area (TPSA) is 75.7 Å². The summed E-state index contributed by atoms with van der Waals surface area (Å²) in [5.74, 6) is -1.14. The highest BCUT2D eigenvalue weighted by molar-refractivity contribution is 5.94. The van der Waals surface area contributed by atoms with Crippen LogP contribution in [0, 0.1) is 20.8 Å². The number of rotatable bonds is 7. The van der Waals surface area contributed by atoms with E-state index in [1.807, 2.05) is 39.8 Å². The highest BCUT2D eigenvalue weighted by Gasteiger charge is 2.19. The average molecular weight is 334 g/mol. The van der Waals surface area contributed by atoms with Crippen molar-refractivity contribution in [1.29, 1.82) is 0 Å². The van der Waals surface area contributed by atoms with Crippen LogP contribution in [-0.2, 0) is 14.3 Å². The molecule has 0 fully saturated rings. The summed E-state index contributed by atoms with van der Waals surface area (Å²) in [5.41, 5.74) is 3.19. The van der Waals surface area contributed by atoms with E-state index in [1.165, 1.54) is 4.90 Å². The third kappa shape index (κ3) is 5.37. The molecule has 0 aromatic heterocycles. The van der Waals surface area contributed by atoms with Gasteiger partial charge in [0.2, 0.25) is 5.91 Å². The summed E-state index contributed by atoms with van der Waals surface area (Å²) in [7, 11) is 0. The normalized spacial score (nSPS) is 10.2. The maximum Gasteiger partial charge on any atom is 0.339 e. The molecule has 0 atom stereocenters. The van der Waals surface area contributed by atoms with E-state index >= 15 is 0 Å². The highest BCUT2D eigenvalue weighted by atomic mass is 16.5. The lowest BCUT2D eigenvalue weighted by molar-refractivity contribution is -0.138. The third-order valence-electron chi connectivity index (χ3n) is 3.65. The van der Waals surface area contributed by atoms with Crippen molar-refractivity contribution in [2.75, 3.05) is 26.2 Å². The molecule has 2 amide bonds. The standard InChI is InChI=1S/C18H26N2O4/c1-6-19-15(21)10-20(7-2)16(22)11-24-18(23)17-13(4)8-12(3)9-14(17)5/h8-9H,6-7,10-11H2,1-5H3,(H,19,21). The summed E-state index contributed by atoms with van der Waals surface area (Å²) in [5, 5.41) is 2.64. The molecule has 0 radical (unpaired) electrons. The largest absolute Gasteiger partial charge is 0.452 e. The lowest BCUT2D eigenvalue weighted by atomic mass is 10.00. The van der Waals surface area contributed by atoms with Crippen molar-refractivity contribution >= 4 is 17.8 Å². The number of hydrogen-bond acceptors (Lipinski definition) is 4. The first-order chi connectivity index (χ1) is 11.3. The molecule has 1 aromatic rings. The second kappa shape index (κ2) is 9.05. The van der Waals surface area contributed by atoms with Crippen LogP contribution in [-0.4, -0.2) is 48.9 Å². The van der Waals surface area contributed by atoms with Crippen LogP contribution in [0.5, 0.6) is 0 Å². The predicted molar refractivity (Wildman–Crippen MR) is 91.9 cm³/mol. The first kappa shape index (κ1) is 19.7. The van der Waals surface area contributed by atoms with Gasteiger partial charge in [0.15, 0.2) is 6.61 Å². The molecule has 132 valence electrons. The van der Waals surface area contributed by atoms with Crippen molar-refractivity contribution in [3.63, 3.8) is 0 Å². The zero-order chi connectivity index (χ0) is 18.3. The fourth-order valence-electron chi connectivity index (χ4n) is 2.60. The Balaban J connectivity index is 2.69. The zero-order valence-corrected chi connectivity index (χ0v) is 15.1. The van der Waals surface area contributed by atoms with Gasteiger partial charge in [-0.2, -0.15) is 0 Å². The van der Waals surface area contributed by atoms with E-state index in [0.717, 1.165) is 16.7 Å². The van der Waals surface area contributed by atoms with Gasteiger partial charge in [-0.1, -0.05) is 17.7 Å². The van der Waals surface area contributed by atoms with Crippen LogP contribution >= 0.6 is 0 Å². The van der Waals surface area contributed by atoms with Crippen LogP contribution in [0.1, 0.15) is 40.9 Å². The molecule has 0 saturated heterocycles. The molecule has 1 N–H and O–H groups in total. The summed E-state index contributed by atoms with van der Waals surface area (Å²) in [4.78, 5) is 37.3. The molecule has 1 rings (SSSR count). The van der Waals surface area contributed by atoms with E-state index < -0.39 is 5.97 Å². The molecule has 0 spiro atoms. The summed E-state index contributed by atoms with van der Waals surface area (Å²) < 4.78 is 5.15. The molecular formula is C18H26N2O4. The minimum Gasteiger partial charge on any atom is -0.452 e. The second-order valence-electron chi connectivity index (χ2n) is 5.71. The SMILES string of the molecule is CCNC(=O)CN(CC)C(=O)COC(=O)c1c(C)cc(C)cc1C. The number of carbonyl (C=O) groups excluding carboxylic acids is 3. The lowest BCUT2D eigenvalue weighted by Gasteiger charge is -2.20. The van der Waals surface area contributed by atoms with Crippen LogP contribution in [0.2, 0.25) is 0 Å². The smallest absolute Gasteiger partial charge is 0.339 e. The fourth-order valence-corrected chi connectivity index (χ4v) is 2.60. The molecule has 0 bridgehead atoms. The Morgan fingerprint density at radius 2 is 1.67 bits per heavy atom. The van der Waals surface area contributed by atoms with Crippen molar-refractivity contribution < 1.29 is 19.1 Å². The molecule has 0 saturated carbocycles. The predicted octanol–water partition coefficient (Wildman–Crippen LogP) is 1.75. The van der Waals surface area contributed by atoms with Crippen molar-refractivity contribution in [1.82, 2.24) is 10.2 Å². The molecule has 24 heavy (non-hydrogen) atoms. The number of nitrogens with zero attached hydrogens (tertiary/aromatic N) is 1. The molecule has 1 aromatic carbocycles. The zero-order valence-electron chi connectivity index (χ0n) is 15.1. The van der Waals surface area contributed by atoms with Gasteiger partial charge in [0.05, 0.1) is 12.1 Å². The van der Waals surface area contributed by atoms with Crippen LogP contribution in [0.4, 0.5) is 0 Å². The highest BCUT2D eigenvalue weighted by Crippen LogP contribution is 2.17. The number of ether oxygens (including phenoxy) is 1. The molecular weight excluding hydrogens is 308 g/mol. The Morgan fingerprint density at radius 3 is 2.17 bits per heavy atom. The number of amides is 2. The van der Waals surface area contributed by atoms with Gasteiger partial charge in [-0.3, -0.25) is 9.59 Å². The van der Waals surface area contributed by atoms with Gasteiger partial charge in [0, 0.05) is 13.1 Å². The molecule has 0 aliphatic heterocycles. The van der Waals surface area contributed by atoms with Crippen LogP contribution in [0.15, 0.2) is 12.1 Å². The number of likely N-dealkylation sites (N-methyl/N-ethyl adjacent to an activating group) is 2. The van der Waals surface area contributed by atoms with Gasteiger partial charge in [-0.05, 0) is 45.7 Å². The van der Waals surface area contributed by atoms with Crippen molar-refractivity contribution in [2.24, 2.45) is 0 Å². The Labute approximate surface area is 143 Å². The molecule has 0 heterocycles. The van der Waals surface area contributed by atoms with Crippen molar-refractivity contribution in [3.05, 3.63) is 34.4 Å². The molecule has 6 nitrogen and oxygen atoms in total. The number of benzene rings is 1. The van der Waals surface area contributed by atoms with E-state index in [2.05, 4.69) is 5.32 Å². The summed E-state index contributed by atoms with van der Waals surface area (Å²) >= 11 is 0. The molecule has 6 heteroatoms. The van der Waals surface area contributed by atoms with Gasteiger partial charge < -0.3 is 15.0 Å². The Kier molecular flexibility index (Phi) is 7.42. The number of carbonyl (C=O) groups is 3. The van der Waals surface area contributed by atoms with Gasteiger partial charge in [-0.25, -0.2) is 4.79 Å². The molecule has 0 unspecified atom stereocenters. The fraction of sp³-hybridized carbons (Fsp3) is 0.500. The van der Waals surface area contributed by atoms with Crippen LogP contribution < -0.4 is 5.32 Å². The Morgan fingerprint density at radius 1 is 1.08 bits per heavy atom. The number of nitrogens with one attached hydrogen (secondary N) is 1. The van der Waals surface area contributed by atoms with E-state index in [4.69, 9.17) is 4.74 Å². The average Bonchev–Trinajstić information content (AvgIpc) is 2.49. The maximum absolute atomic E-state index is 12.3. The summed E-state index contributed by atoms with van der Waals surface area (Å²) in [6.45, 7) is 9.68. The van der Waals surface area contributed by atoms with Gasteiger partial charge in [-0.15, -0.1) is 0 Å². The van der Waals surface area contributed by atoms with Crippen molar-refractivity contribution in [3.8, 4) is 0 Å². The van der Waals surface area contributed by atoms with Gasteiger partial charge in [0.1, 0.15) is 0 Å². The number of aryl methyl sites for hydroxylation is 3. The molecule has 0 aliphatic rings. The first-order valence-electron chi connectivity index (χ1n) is 8.09. The Hall–Kier alpha value is -2.37. The van der Waals surface area contributed by atoms with Crippen LogP contribution in [0.25, 0.3) is 0 Å². The number of esters is 1. The summed E-state index contributed by atoms with van der Waals surface area (Å²) in [6, 6.07) is 3.80. The van der Waals surface area contributed by atoms with E-state index in [0.29, 0.717) is 18.7 Å². The van der Waals surface area contributed by atoms with Gasteiger partial charge >= 0.3 is 5.97 Å². The number of hydrogen-bond donors (Lipinski definition) is 1. The monoisotopic (exact) mass is 334 g/mol. The van der Waals surface area contributed by atoms with E-state index in [1.54, 1.807) is 6.92 Å². The Bertz CT molecular complexity index is 602. The minimum absolute atomic E-state index is 0.0384. The summed E-state index contributed by atoms with van der Waals surface area (Å²) in [6.07, 6.45) is 0. The first-order valence-corrected chi connectivity index (χ1v) is 8.09. The lowest BCUT2D eigenvalue weighted by Crippen LogP contribution is -2.42. The quantitative estimate of drug-likeness (QED) is 0.771. The van der Waals surface area contributed by atoms with E-state index in [9.17, 15) is 14.4 Å². The molecule has 0 aliphatic carbocycles. The minimum atomic E-state index is -0.521. The third-order valence-corrected chi connectivity index (χ3v) is 3.65. The maximum atomic E-state index is 12.3. The van der Waals surface area contributed by atoms with Crippen LogP contribution in [0.3, 0.4) is 0 Å². The van der Waals surface area contributed by atoms with Crippen molar-refractivity contribution in [2.45, 2.75) is 34.6 Å².